The largest absolute Gasteiger partial charge is 0.351 e. The van der Waals surface area contributed by atoms with Crippen LogP contribution < -0.4 is 16.0 Å². The van der Waals surface area contributed by atoms with Gasteiger partial charge in [-0.3, -0.25) is 9.59 Å². The van der Waals surface area contributed by atoms with E-state index >= 15 is 0 Å². The summed E-state index contributed by atoms with van der Waals surface area (Å²) in [6.45, 7) is 0. The molecule has 0 radical (unpaired) electrons. The van der Waals surface area contributed by atoms with Crippen molar-refractivity contribution in [3.8, 4) is 0 Å². The number of hydrogen-bond donors (Lipinski definition) is 3. The Hall–Kier alpha value is -2.96. The molecule has 0 spiro atoms. The third-order valence-electron chi connectivity index (χ3n) is 3.69. The number of halogens is 2. The lowest BCUT2D eigenvalue weighted by molar-refractivity contribution is -0.122. The minimum Gasteiger partial charge on any atom is -0.351 e. The average molecular weight is 331 g/mol. The third-order valence-corrected chi connectivity index (χ3v) is 3.69. The lowest BCUT2D eigenvalue weighted by Crippen LogP contribution is -2.37. The maximum Gasteiger partial charge on any atom is 0.247 e. The molecule has 3 N–H and O–H groups in total. The summed E-state index contributed by atoms with van der Waals surface area (Å²) in [6.07, 6.45) is 0.698. The number of carbonyl (C=O) groups excluding carboxylic acids is 2. The van der Waals surface area contributed by atoms with Crippen LogP contribution in [0, 0.1) is 11.6 Å². The highest BCUT2D eigenvalue weighted by Gasteiger charge is 2.27. The van der Waals surface area contributed by atoms with E-state index in [9.17, 15) is 18.4 Å². The van der Waals surface area contributed by atoms with E-state index in [2.05, 4.69) is 16.0 Å². The Morgan fingerprint density at radius 2 is 1.88 bits per heavy atom. The number of para-hydroxylation sites is 1. The van der Waals surface area contributed by atoms with E-state index in [1.54, 1.807) is 6.07 Å². The molecule has 5 nitrogen and oxygen atoms in total. The Bertz CT molecular complexity index is 795. The first-order valence-electron chi connectivity index (χ1n) is 7.44. The van der Waals surface area contributed by atoms with Crippen molar-refractivity contribution >= 4 is 28.9 Å². The molecule has 1 saturated heterocycles. The number of amides is 2. The summed E-state index contributed by atoms with van der Waals surface area (Å²) in [7, 11) is 0. The molecule has 1 heterocycles. The van der Waals surface area contributed by atoms with Gasteiger partial charge in [0, 0.05) is 6.42 Å². The van der Waals surface area contributed by atoms with E-state index in [-0.39, 0.29) is 17.3 Å². The van der Waals surface area contributed by atoms with Crippen molar-refractivity contribution in [3.05, 3.63) is 54.1 Å². The Morgan fingerprint density at radius 3 is 2.58 bits per heavy atom. The molecule has 0 aromatic heterocycles. The Labute approximate surface area is 137 Å². The maximum absolute atomic E-state index is 13.8. The van der Waals surface area contributed by atoms with Crippen molar-refractivity contribution in [2.24, 2.45) is 0 Å². The summed E-state index contributed by atoms with van der Waals surface area (Å²) in [6, 6.07) is 9.06. The van der Waals surface area contributed by atoms with Gasteiger partial charge in [-0.1, -0.05) is 12.1 Å². The Morgan fingerprint density at radius 1 is 1.08 bits per heavy atom. The Kier molecular flexibility index (Phi) is 4.41. The van der Waals surface area contributed by atoms with Crippen LogP contribution in [0.3, 0.4) is 0 Å². The van der Waals surface area contributed by atoms with Crippen LogP contribution in [0.4, 0.5) is 25.8 Å². The predicted octanol–water partition coefficient (Wildman–Crippen LogP) is 2.93. The highest BCUT2D eigenvalue weighted by molar-refractivity contribution is 6.01. The summed E-state index contributed by atoms with van der Waals surface area (Å²) >= 11 is 0. The normalized spacial score (nSPS) is 16.6. The predicted molar refractivity (Wildman–Crippen MR) is 85.9 cm³/mol. The van der Waals surface area contributed by atoms with Gasteiger partial charge < -0.3 is 16.0 Å². The molecule has 1 atom stereocenters. The van der Waals surface area contributed by atoms with Gasteiger partial charge in [0.2, 0.25) is 11.8 Å². The van der Waals surface area contributed by atoms with E-state index in [0.29, 0.717) is 18.5 Å². The molecule has 0 bridgehead atoms. The van der Waals surface area contributed by atoms with E-state index in [1.807, 2.05) is 0 Å². The van der Waals surface area contributed by atoms with Gasteiger partial charge in [0.05, 0.1) is 17.1 Å². The van der Waals surface area contributed by atoms with Gasteiger partial charge >= 0.3 is 0 Å². The number of anilines is 3. The zero-order valence-corrected chi connectivity index (χ0v) is 12.6. The van der Waals surface area contributed by atoms with E-state index in [4.69, 9.17) is 0 Å². The number of rotatable bonds is 4. The molecule has 7 heteroatoms. The minimum atomic E-state index is -0.621. The molecule has 0 saturated carbocycles. The van der Waals surface area contributed by atoms with Crippen LogP contribution in [0.25, 0.3) is 0 Å². The van der Waals surface area contributed by atoms with Crippen molar-refractivity contribution in [1.29, 1.82) is 0 Å². The summed E-state index contributed by atoms with van der Waals surface area (Å²) in [5.41, 5.74) is 0.677. The molecule has 24 heavy (non-hydrogen) atoms. The highest BCUT2D eigenvalue weighted by atomic mass is 19.1. The van der Waals surface area contributed by atoms with E-state index < -0.39 is 23.6 Å². The molecular formula is C17H15F2N3O2. The summed E-state index contributed by atoms with van der Waals surface area (Å²) in [5, 5.41) is 7.96. The van der Waals surface area contributed by atoms with E-state index in [1.165, 1.54) is 30.3 Å². The second kappa shape index (κ2) is 6.66. The molecular weight excluding hydrogens is 316 g/mol. The first kappa shape index (κ1) is 15.9. The third kappa shape index (κ3) is 3.51. The number of benzene rings is 2. The molecule has 1 aliphatic rings. The maximum atomic E-state index is 13.8. The molecule has 2 aromatic rings. The quantitative estimate of drug-likeness (QED) is 0.807. The zero-order valence-electron chi connectivity index (χ0n) is 12.6. The molecule has 3 rings (SSSR count). The first-order valence-corrected chi connectivity index (χ1v) is 7.44. The van der Waals surface area contributed by atoms with Crippen LogP contribution in [0.2, 0.25) is 0 Å². The zero-order chi connectivity index (χ0) is 17.1. The first-order chi connectivity index (χ1) is 11.5. The molecule has 1 fully saturated rings. The van der Waals surface area contributed by atoms with Gasteiger partial charge in [0.15, 0.2) is 0 Å². The second-order valence-corrected chi connectivity index (χ2v) is 5.44. The molecule has 124 valence electrons. The smallest absolute Gasteiger partial charge is 0.247 e. The van der Waals surface area contributed by atoms with Crippen molar-refractivity contribution in [3.63, 3.8) is 0 Å². The van der Waals surface area contributed by atoms with Crippen molar-refractivity contribution in [1.82, 2.24) is 5.32 Å². The molecule has 1 aliphatic heterocycles. The van der Waals surface area contributed by atoms with Crippen LogP contribution in [0.5, 0.6) is 0 Å². The van der Waals surface area contributed by atoms with Gasteiger partial charge in [0.25, 0.3) is 0 Å². The van der Waals surface area contributed by atoms with Gasteiger partial charge in [-0.2, -0.15) is 0 Å². The fourth-order valence-electron chi connectivity index (χ4n) is 2.47. The number of hydrogen-bond acceptors (Lipinski definition) is 3. The van der Waals surface area contributed by atoms with Gasteiger partial charge in [-0.05, 0) is 36.8 Å². The van der Waals surface area contributed by atoms with Gasteiger partial charge in [-0.15, -0.1) is 0 Å². The van der Waals surface area contributed by atoms with E-state index in [0.717, 1.165) is 6.07 Å². The molecule has 0 unspecified atom stereocenters. The average Bonchev–Trinajstić information content (AvgIpc) is 2.99. The minimum absolute atomic E-state index is 0.160. The lowest BCUT2D eigenvalue weighted by Gasteiger charge is -2.16. The lowest BCUT2D eigenvalue weighted by atomic mass is 10.2. The summed E-state index contributed by atoms with van der Waals surface area (Å²) in [5.74, 6) is -1.61. The van der Waals surface area contributed by atoms with Gasteiger partial charge in [0.1, 0.15) is 17.7 Å². The molecule has 2 aromatic carbocycles. The van der Waals surface area contributed by atoms with Crippen LogP contribution in [0.15, 0.2) is 42.5 Å². The highest BCUT2D eigenvalue weighted by Crippen LogP contribution is 2.28. The fraction of sp³-hybridized carbons (Fsp3) is 0.176. The summed E-state index contributed by atoms with van der Waals surface area (Å²) < 4.78 is 27.3. The Balaban J connectivity index is 1.82. The number of nitrogens with one attached hydrogen (secondary N) is 3. The van der Waals surface area contributed by atoms with Gasteiger partial charge in [-0.25, -0.2) is 8.78 Å². The fourth-order valence-corrected chi connectivity index (χ4v) is 2.47. The van der Waals surface area contributed by atoms with Crippen molar-refractivity contribution in [2.75, 3.05) is 10.6 Å². The van der Waals surface area contributed by atoms with Crippen LogP contribution in [-0.4, -0.2) is 17.9 Å². The second-order valence-electron chi connectivity index (χ2n) is 5.44. The SMILES string of the molecule is O=C1CC[C@H](C(=O)Nc2ccc(F)cc2Nc2ccccc2F)N1. The number of carbonyl (C=O) groups is 2. The van der Waals surface area contributed by atoms with Crippen LogP contribution >= 0.6 is 0 Å². The molecule has 0 aliphatic carbocycles. The van der Waals surface area contributed by atoms with Crippen molar-refractivity contribution < 1.29 is 18.4 Å². The monoisotopic (exact) mass is 331 g/mol. The van der Waals surface area contributed by atoms with Crippen molar-refractivity contribution in [2.45, 2.75) is 18.9 Å². The topological polar surface area (TPSA) is 70.2 Å². The summed E-state index contributed by atoms with van der Waals surface area (Å²) in [4.78, 5) is 23.4. The standard InChI is InChI=1S/C17H15F2N3O2/c18-10-5-6-13(22-17(24)14-7-8-16(23)21-14)15(9-10)20-12-4-2-1-3-11(12)19/h1-6,9,14,20H,7-8H2,(H,21,23)(H,22,24)/t14-/m1/s1. The van der Waals surface area contributed by atoms with Crippen LogP contribution in [-0.2, 0) is 9.59 Å². The molecule has 2 amide bonds. The van der Waals surface area contributed by atoms with Crippen LogP contribution in [0.1, 0.15) is 12.8 Å².